The van der Waals surface area contributed by atoms with E-state index in [9.17, 15) is 0 Å². The molecular weight excluding hydrogens is 288 g/mol. The normalized spacial score (nSPS) is 18.9. The highest BCUT2D eigenvalue weighted by Gasteiger charge is 2.18. The minimum Gasteiger partial charge on any atom is -0.297 e. The van der Waals surface area contributed by atoms with Crippen molar-refractivity contribution in [3.63, 3.8) is 0 Å². The van der Waals surface area contributed by atoms with Crippen LogP contribution in [0.4, 0.5) is 0 Å². The second-order valence-electron chi connectivity index (χ2n) is 4.34. The maximum atomic E-state index is 5.87. The van der Waals surface area contributed by atoms with Crippen LogP contribution in [0.3, 0.4) is 0 Å². The monoisotopic (exact) mass is 302 g/mol. The summed E-state index contributed by atoms with van der Waals surface area (Å²) in [5, 5.41) is 0. The Morgan fingerprint density at radius 3 is 2.69 bits per heavy atom. The first-order valence-corrected chi connectivity index (χ1v) is 6.99. The Kier molecular flexibility index (Phi) is 4.62. The fraction of sp³-hybridized carbons (Fsp3) is 0.583. The van der Waals surface area contributed by atoms with E-state index in [0.717, 1.165) is 41.6 Å². The molecule has 1 aliphatic rings. The number of aromatic nitrogens is 1. The van der Waals surface area contributed by atoms with Crippen molar-refractivity contribution in [3.8, 4) is 0 Å². The van der Waals surface area contributed by atoms with Crippen molar-refractivity contribution in [2.75, 3.05) is 19.0 Å². The Morgan fingerprint density at radius 2 is 2.12 bits per heavy atom. The summed E-state index contributed by atoms with van der Waals surface area (Å²) in [5.74, 6) is 1.53. The molecule has 1 aromatic rings. The largest absolute Gasteiger partial charge is 0.297 e. The van der Waals surface area contributed by atoms with E-state index in [1.807, 2.05) is 12.3 Å². The molecule has 1 fully saturated rings. The van der Waals surface area contributed by atoms with Crippen LogP contribution < -0.4 is 0 Å². The lowest BCUT2D eigenvalue weighted by Crippen LogP contribution is -2.33. The van der Waals surface area contributed by atoms with Crippen LogP contribution in [0.5, 0.6) is 0 Å². The molecule has 2 nitrogen and oxygen atoms in total. The van der Waals surface area contributed by atoms with Gasteiger partial charge in [-0.3, -0.25) is 9.88 Å². The Bertz CT molecular complexity index is 320. The standard InChI is InChI=1S/C12H16BrClN2/c13-11-1-2-12(15-8-11)9-16-5-3-10(7-14)4-6-16/h1-2,8,10H,3-7,9H2. The third-order valence-electron chi connectivity index (χ3n) is 3.10. The number of likely N-dealkylation sites (tertiary alicyclic amines) is 1. The Morgan fingerprint density at radius 1 is 1.38 bits per heavy atom. The Hall–Kier alpha value is -0.120. The lowest BCUT2D eigenvalue weighted by molar-refractivity contribution is 0.184. The molecular formula is C12H16BrClN2. The summed E-state index contributed by atoms with van der Waals surface area (Å²) in [6, 6.07) is 4.13. The van der Waals surface area contributed by atoms with Crippen LogP contribution in [0, 0.1) is 5.92 Å². The number of pyridine rings is 1. The van der Waals surface area contributed by atoms with Gasteiger partial charge in [0, 0.05) is 23.1 Å². The van der Waals surface area contributed by atoms with Crippen LogP contribution in [0.2, 0.25) is 0 Å². The van der Waals surface area contributed by atoms with E-state index in [-0.39, 0.29) is 0 Å². The van der Waals surface area contributed by atoms with Gasteiger partial charge in [-0.05, 0) is 59.9 Å². The summed E-state index contributed by atoms with van der Waals surface area (Å²) in [6.07, 6.45) is 4.31. The number of alkyl halides is 1. The van der Waals surface area contributed by atoms with Crippen LogP contribution in [0.15, 0.2) is 22.8 Å². The molecule has 0 saturated carbocycles. The quantitative estimate of drug-likeness (QED) is 0.797. The van der Waals surface area contributed by atoms with E-state index in [4.69, 9.17) is 11.6 Å². The molecule has 1 saturated heterocycles. The smallest absolute Gasteiger partial charge is 0.0544 e. The van der Waals surface area contributed by atoms with Crippen LogP contribution in [-0.4, -0.2) is 28.9 Å². The summed E-state index contributed by atoms with van der Waals surface area (Å²) >= 11 is 9.27. The van der Waals surface area contributed by atoms with Crippen LogP contribution in [0.1, 0.15) is 18.5 Å². The molecule has 4 heteroatoms. The number of hydrogen-bond acceptors (Lipinski definition) is 2. The third-order valence-corrected chi connectivity index (χ3v) is 4.01. The SMILES string of the molecule is ClCC1CCN(Cc2ccc(Br)cn2)CC1. The predicted octanol–water partition coefficient (Wildman–Crippen LogP) is 3.29. The molecule has 0 unspecified atom stereocenters. The van der Waals surface area contributed by atoms with Gasteiger partial charge in [-0.2, -0.15) is 0 Å². The van der Waals surface area contributed by atoms with Gasteiger partial charge < -0.3 is 0 Å². The van der Waals surface area contributed by atoms with E-state index in [2.05, 4.69) is 31.9 Å². The summed E-state index contributed by atoms with van der Waals surface area (Å²) in [7, 11) is 0. The van der Waals surface area contributed by atoms with Gasteiger partial charge in [0.05, 0.1) is 5.69 Å². The zero-order valence-electron chi connectivity index (χ0n) is 9.20. The van der Waals surface area contributed by atoms with Crippen LogP contribution in [-0.2, 0) is 6.54 Å². The van der Waals surface area contributed by atoms with E-state index < -0.39 is 0 Å². The van der Waals surface area contributed by atoms with Gasteiger partial charge in [-0.1, -0.05) is 0 Å². The van der Waals surface area contributed by atoms with Crippen molar-refractivity contribution in [2.24, 2.45) is 5.92 Å². The minimum absolute atomic E-state index is 0.718. The highest BCUT2D eigenvalue weighted by molar-refractivity contribution is 9.10. The highest BCUT2D eigenvalue weighted by Crippen LogP contribution is 2.19. The molecule has 0 spiro atoms. The van der Waals surface area contributed by atoms with Crippen LogP contribution >= 0.6 is 27.5 Å². The molecule has 0 aliphatic carbocycles. The predicted molar refractivity (Wildman–Crippen MR) is 70.7 cm³/mol. The van der Waals surface area contributed by atoms with Gasteiger partial charge in [-0.25, -0.2) is 0 Å². The van der Waals surface area contributed by atoms with E-state index in [1.165, 1.54) is 12.8 Å². The summed E-state index contributed by atoms with van der Waals surface area (Å²) in [5.41, 5.74) is 1.15. The fourth-order valence-corrected chi connectivity index (χ4v) is 2.57. The van der Waals surface area contributed by atoms with Gasteiger partial charge in [0.25, 0.3) is 0 Å². The molecule has 2 heterocycles. The lowest BCUT2D eigenvalue weighted by Gasteiger charge is -2.30. The molecule has 0 radical (unpaired) electrons. The second kappa shape index (κ2) is 5.99. The van der Waals surface area contributed by atoms with Crippen molar-refractivity contribution in [2.45, 2.75) is 19.4 Å². The first-order chi connectivity index (χ1) is 7.78. The average molecular weight is 304 g/mol. The number of hydrogen-bond donors (Lipinski definition) is 0. The van der Waals surface area contributed by atoms with Crippen molar-refractivity contribution in [1.29, 1.82) is 0 Å². The van der Waals surface area contributed by atoms with Crippen molar-refractivity contribution in [1.82, 2.24) is 9.88 Å². The molecule has 0 bridgehead atoms. The second-order valence-corrected chi connectivity index (χ2v) is 5.57. The van der Waals surface area contributed by atoms with E-state index in [0.29, 0.717) is 0 Å². The molecule has 88 valence electrons. The Labute approximate surface area is 110 Å². The number of nitrogens with zero attached hydrogens (tertiary/aromatic N) is 2. The Balaban J connectivity index is 1.84. The molecule has 0 aromatic carbocycles. The first kappa shape index (κ1) is 12.3. The first-order valence-electron chi connectivity index (χ1n) is 5.66. The highest BCUT2D eigenvalue weighted by atomic mass is 79.9. The van der Waals surface area contributed by atoms with Crippen LogP contribution in [0.25, 0.3) is 0 Å². The van der Waals surface area contributed by atoms with Crippen molar-refractivity contribution >= 4 is 27.5 Å². The van der Waals surface area contributed by atoms with E-state index in [1.54, 1.807) is 0 Å². The molecule has 0 amide bonds. The third kappa shape index (κ3) is 3.44. The zero-order valence-corrected chi connectivity index (χ0v) is 11.5. The minimum atomic E-state index is 0.718. The number of piperidine rings is 1. The number of halogens is 2. The van der Waals surface area contributed by atoms with Gasteiger partial charge in [-0.15, -0.1) is 11.6 Å². The maximum Gasteiger partial charge on any atom is 0.0544 e. The van der Waals surface area contributed by atoms with Crippen molar-refractivity contribution in [3.05, 3.63) is 28.5 Å². The molecule has 1 aromatic heterocycles. The lowest BCUT2D eigenvalue weighted by atomic mass is 9.99. The van der Waals surface area contributed by atoms with Gasteiger partial charge >= 0.3 is 0 Å². The topological polar surface area (TPSA) is 16.1 Å². The average Bonchev–Trinajstić information content (AvgIpc) is 2.33. The maximum absolute atomic E-state index is 5.87. The van der Waals surface area contributed by atoms with E-state index >= 15 is 0 Å². The van der Waals surface area contributed by atoms with Crippen molar-refractivity contribution < 1.29 is 0 Å². The number of rotatable bonds is 3. The zero-order chi connectivity index (χ0) is 11.4. The van der Waals surface area contributed by atoms with Gasteiger partial charge in [0.15, 0.2) is 0 Å². The molecule has 0 atom stereocenters. The summed E-state index contributed by atoms with van der Waals surface area (Å²) in [4.78, 5) is 6.85. The fourth-order valence-electron chi connectivity index (χ4n) is 2.03. The molecule has 16 heavy (non-hydrogen) atoms. The molecule has 1 aliphatic heterocycles. The molecule has 2 rings (SSSR count). The summed E-state index contributed by atoms with van der Waals surface area (Å²) < 4.78 is 1.04. The molecule has 0 N–H and O–H groups in total. The van der Waals surface area contributed by atoms with Gasteiger partial charge in [0.2, 0.25) is 0 Å². The van der Waals surface area contributed by atoms with Gasteiger partial charge in [0.1, 0.15) is 0 Å². The summed E-state index contributed by atoms with van der Waals surface area (Å²) in [6.45, 7) is 3.26.